The standard InChI is InChI=1S/C18H25N5O2/c1-12-8-14(21-20-12)11-23-7-6-13(10-23)9-19-18(24)17-15-4-2-3-5-16(15)25-22-17/h8,13H,2-7,9-11H2,1H3,(H,19,24)(H,20,21)/t13-/m0/s1. The number of aryl methyl sites for hydroxylation is 2. The van der Waals surface area contributed by atoms with Gasteiger partial charge in [0.2, 0.25) is 0 Å². The molecular weight excluding hydrogens is 318 g/mol. The van der Waals surface area contributed by atoms with E-state index in [-0.39, 0.29) is 5.91 Å². The molecule has 1 atom stereocenters. The van der Waals surface area contributed by atoms with Crippen molar-refractivity contribution in [2.45, 2.75) is 45.6 Å². The van der Waals surface area contributed by atoms with Gasteiger partial charge in [-0.05, 0) is 51.1 Å². The molecule has 1 aliphatic heterocycles. The summed E-state index contributed by atoms with van der Waals surface area (Å²) in [5.41, 5.74) is 3.69. The number of nitrogens with one attached hydrogen (secondary N) is 2. The minimum atomic E-state index is -0.0896. The summed E-state index contributed by atoms with van der Waals surface area (Å²) in [6.45, 7) is 5.61. The van der Waals surface area contributed by atoms with Gasteiger partial charge in [-0.2, -0.15) is 5.10 Å². The molecule has 0 saturated carbocycles. The molecule has 3 heterocycles. The summed E-state index contributed by atoms with van der Waals surface area (Å²) >= 11 is 0. The quantitative estimate of drug-likeness (QED) is 0.865. The first kappa shape index (κ1) is 16.3. The highest BCUT2D eigenvalue weighted by Gasteiger charge is 2.26. The largest absolute Gasteiger partial charge is 0.360 e. The molecule has 0 unspecified atom stereocenters. The second kappa shape index (κ2) is 7.00. The maximum absolute atomic E-state index is 12.4. The van der Waals surface area contributed by atoms with E-state index in [2.05, 4.69) is 31.6 Å². The van der Waals surface area contributed by atoms with Crippen LogP contribution in [-0.2, 0) is 19.4 Å². The van der Waals surface area contributed by atoms with Crippen LogP contribution in [-0.4, -0.2) is 45.8 Å². The van der Waals surface area contributed by atoms with Gasteiger partial charge in [0.25, 0.3) is 5.91 Å². The number of carbonyl (C=O) groups excluding carboxylic acids is 1. The van der Waals surface area contributed by atoms with Gasteiger partial charge in [0.1, 0.15) is 5.76 Å². The molecule has 4 rings (SSSR count). The molecular formula is C18H25N5O2. The molecule has 0 radical (unpaired) electrons. The fourth-order valence-corrected chi connectivity index (χ4v) is 3.89. The fourth-order valence-electron chi connectivity index (χ4n) is 3.89. The van der Waals surface area contributed by atoms with Crippen molar-refractivity contribution >= 4 is 5.91 Å². The zero-order chi connectivity index (χ0) is 17.2. The van der Waals surface area contributed by atoms with Gasteiger partial charge in [0, 0.05) is 37.3 Å². The Labute approximate surface area is 147 Å². The number of amides is 1. The number of aromatic amines is 1. The highest BCUT2D eigenvalue weighted by atomic mass is 16.5. The number of carbonyl (C=O) groups is 1. The van der Waals surface area contributed by atoms with Gasteiger partial charge in [-0.15, -0.1) is 0 Å². The third kappa shape index (κ3) is 3.61. The Morgan fingerprint density at radius 1 is 1.44 bits per heavy atom. The molecule has 7 heteroatoms. The second-order valence-corrected chi connectivity index (χ2v) is 7.28. The number of hydrogen-bond acceptors (Lipinski definition) is 5. The first-order valence-corrected chi connectivity index (χ1v) is 9.18. The van der Waals surface area contributed by atoms with Crippen molar-refractivity contribution < 1.29 is 9.32 Å². The van der Waals surface area contributed by atoms with Crippen LogP contribution in [0.2, 0.25) is 0 Å². The van der Waals surface area contributed by atoms with Crippen LogP contribution in [0.1, 0.15) is 52.5 Å². The number of likely N-dealkylation sites (tertiary alicyclic amines) is 1. The molecule has 0 spiro atoms. The van der Waals surface area contributed by atoms with E-state index in [0.29, 0.717) is 18.2 Å². The fraction of sp³-hybridized carbons (Fsp3) is 0.611. The van der Waals surface area contributed by atoms with E-state index in [0.717, 1.165) is 74.4 Å². The molecule has 1 saturated heterocycles. The van der Waals surface area contributed by atoms with Crippen LogP contribution in [0.25, 0.3) is 0 Å². The Kier molecular flexibility index (Phi) is 4.57. The van der Waals surface area contributed by atoms with Crippen molar-refractivity contribution in [3.05, 3.63) is 34.5 Å². The summed E-state index contributed by atoms with van der Waals surface area (Å²) in [6, 6.07) is 2.09. The summed E-state index contributed by atoms with van der Waals surface area (Å²) in [5.74, 6) is 1.29. The van der Waals surface area contributed by atoms with E-state index in [1.54, 1.807) is 0 Å². The van der Waals surface area contributed by atoms with Crippen molar-refractivity contribution in [2.24, 2.45) is 5.92 Å². The number of nitrogens with zero attached hydrogens (tertiary/aromatic N) is 3. The van der Waals surface area contributed by atoms with Gasteiger partial charge in [0.15, 0.2) is 5.69 Å². The lowest BCUT2D eigenvalue weighted by molar-refractivity contribution is 0.0937. The Bertz CT molecular complexity index is 750. The third-order valence-electron chi connectivity index (χ3n) is 5.23. The molecule has 2 aliphatic rings. The van der Waals surface area contributed by atoms with Crippen LogP contribution in [0, 0.1) is 12.8 Å². The van der Waals surface area contributed by atoms with E-state index in [1.807, 2.05) is 6.92 Å². The van der Waals surface area contributed by atoms with Crippen molar-refractivity contribution in [2.75, 3.05) is 19.6 Å². The monoisotopic (exact) mass is 343 g/mol. The highest BCUT2D eigenvalue weighted by molar-refractivity contribution is 5.93. The Morgan fingerprint density at radius 3 is 3.16 bits per heavy atom. The minimum absolute atomic E-state index is 0.0896. The number of fused-ring (bicyclic) bond motifs is 1. The Hall–Kier alpha value is -2.15. The molecule has 1 amide bonds. The van der Waals surface area contributed by atoms with Gasteiger partial charge in [-0.25, -0.2) is 0 Å². The maximum Gasteiger partial charge on any atom is 0.273 e. The number of H-pyrrole nitrogens is 1. The van der Waals surface area contributed by atoms with Gasteiger partial charge in [0.05, 0.1) is 5.69 Å². The first-order chi connectivity index (χ1) is 12.2. The smallest absolute Gasteiger partial charge is 0.273 e. The van der Waals surface area contributed by atoms with Gasteiger partial charge in [-0.1, -0.05) is 5.16 Å². The topological polar surface area (TPSA) is 87.1 Å². The second-order valence-electron chi connectivity index (χ2n) is 7.28. The number of aromatic nitrogens is 3. The lowest BCUT2D eigenvalue weighted by Crippen LogP contribution is -2.31. The molecule has 2 N–H and O–H groups in total. The van der Waals surface area contributed by atoms with E-state index < -0.39 is 0 Å². The lowest BCUT2D eigenvalue weighted by Gasteiger charge is -2.15. The summed E-state index contributed by atoms with van der Waals surface area (Å²) in [4.78, 5) is 14.8. The highest BCUT2D eigenvalue weighted by Crippen LogP contribution is 2.24. The van der Waals surface area contributed by atoms with Gasteiger partial charge < -0.3 is 9.84 Å². The van der Waals surface area contributed by atoms with Crippen LogP contribution in [0.5, 0.6) is 0 Å². The van der Waals surface area contributed by atoms with Crippen LogP contribution in [0.15, 0.2) is 10.6 Å². The lowest BCUT2D eigenvalue weighted by atomic mass is 9.96. The predicted molar refractivity (Wildman–Crippen MR) is 92.2 cm³/mol. The Balaban J connectivity index is 1.27. The van der Waals surface area contributed by atoms with Crippen molar-refractivity contribution in [3.63, 3.8) is 0 Å². The van der Waals surface area contributed by atoms with E-state index in [4.69, 9.17) is 4.52 Å². The molecule has 134 valence electrons. The van der Waals surface area contributed by atoms with Crippen molar-refractivity contribution in [1.82, 2.24) is 25.6 Å². The van der Waals surface area contributed by atoms with Crippen molar-refractivity contribution in [3.8, 4) is 0 Å². The van der Waals surface area contributed by atoms with Crippen LogP contribution in [0.4, 0.5) is 0 Å². The molecule has 7 nitrogen and oxygen atoms in total. The molecule has 2 aromatic heterocycles. The predicted octanol–water partition coefficient (Wildman–Crippen LogP) is 1.84. The minimum Gasteiger partial charge on any atom is -0.360 e. The van der Waals surface area contributed by atoms with E-state index in [9.17, 15) is 4.79 Å². The van der Waals surface area contributed by atoms with Crippen LogP contribution < -0.4 is 5.32 Å². The van der Waals surface area contributed by atoms with E-state index >= 15 is 0 Å². The average molecular weight is 343 g/mol. The zero-order valence-electron chi connectivity index (χ0n) is 14.7. The van der Waals surface area contributed by atoms with Gasteiger partial charge >= 0.3 is 0 Å². The third-order valence-corrected chi connectivity index (χ3v) is 5.23. The van der Waals surface area contributed by atoms with Crippen LogP contribution >= 0.6 is 0 Å². The zero-order valence-corrected chi connectivity index (χ0v) is 14.7. The number of hydrogen-bond donors (Lipinski definition) is 2. The number of rotatable bonds is 5. The Morgan fingerprint density at radius 2 is 2.32 bits per heavy atom. The first-order valence-electron chi connectivity index (χ1n) is 9.18. The SMILES string of the molecule is Cc1cc(CN2CC[C@@H](CNC(=O)c3noc4c3CCCC4)C2)n[nH]1. The molecule has 25 heavy (non-hydrogen) atoms. The normalized spacial score (nSPS) is 20.6. The van der Waals surface area contributed by atoms with Crippen LogP contribution in [0.3, 0.4) is 0 Å². The summed E-state index contributed by atoms with van der Waals surface area (Å²) in [6.07, 6.45) is 5.14. The molecule has 2 aromatic rings. The summed E-state index contributed by atoms with van der Waals surface area (Å²) < 4.78 is 5.34. The average Bonchev–Trinajstić information content (AvgIpc) is 3.33. The maximum atomic E-state index is 12.4. The summed E-state index contributed by atoms with van der Waals surface area (Å²) in [7, 11) is 0. The van der Waals surface area contributed by atoms with Gasteiger partial charge in [-0.3, -0.25) is 14.8 Å². The van der Waals surface area contributed by atoms with Crippen molar-refractivity contribution in [1.29, 1.82) is 0 Å². The van der Waals surface area contributed by atoms with E-state index in [1.165, 1.54) is 0 Å². The molecule has 0 bridgehead atoms. The summed E-state index contributed by atoms with van der Waals surface area (Å²) in [5, 5.41) is 14.3. The molecule has 0 aromatic carbocycles. The molecule has 1 aliphatic carbocycles. The molecule has 1 fully saturated rings.